The molecule has 0 bridgehead atoms. The maximum absolute atomic E-state index is 12.3. The molecule has 1 heterocycles. The van der Waals surface area contributed by atoms with Gasteiger partial charge < -0.3 is 5.32 Å². The van der Waals surface area contributed by atoms with Gasteiger partial charge in [0.05, 0.1) is 0 Å². The van der Waals surface area contributed by atoms with Crippen molar-refractivity contribution in [3.8, 4) is 0 Å². The fraction of sp³-hybridized carbons (Fsp3) is 0.300. The molecular formula is C20H22BrClN2O. The lowest BCUT2D eigenvalue weighted by Crippen LogP contribution is -2.22. The number of alkyl halides is 1. The van der Waals surface area contributed by atoms with Crippen LogP contribution < -0.4 is 5.32 Å². The number of aromatic nitrogens is 1. The first kappa shape index (κ1) is 19.7. The second-order valence-corrected chi connectivity index (χ2v) is 6.92. The summed E-state index contributed by atoms with van der Waals surface area (Å²) >= 11 is 9.40. The monoisotopic (exact) mass is 420 g/mol. The topological polar surface area (TPSA) is 42.0 Å². The maximum Gasteiger partial charge on any atom is 0.244 e. The van der Waals surface area contributed by atoms with Gasteiger partial charge in [-0.3, -0.25) is 9.78 Å². The Hall–Kier alpha value is -1.65. The smallest absolute Gasteiger partial charge is 0.244 e. The molecule has 1 aromatic heterocycles. The number of pyridine rings is 1. The average molecular weight is 422 g/mol. The van der Waals surface area contributed by atoms with Gasteiger partial charge >= 0.3 is 0 Å². The van der Waals surface area contributed by atoms with Gasteiger partial charge in [0, 0.05) is 35.4 Å². The Morgan fingerprint density at radius 3 is 2.32 bits per heavy atom. The molecule has 2 rings (SSSR count). The van der Waals surface area contributed by atoms with Crippen LogP contribution in [0.25, 0.3) is 5.57 Å². The standard InChI is InChI=1S/C20H22BrClN2O/c21-11-3-1-2-4-12-24-20(25)15-19(17-9-13-23-14-10-17)16-5-7-18(22)8-6-16/h5-10,13-15H,1-4,11-12H2,(H,24,25). The van der Waals surface area contributed by atoms with Gasteiger partial charge in [-0.2, -0.15) is 0 Å². The Kier molecular flexibility index (Phi) is 8.70. The molecule has 3 nitrogen and oxygen atoms in total. The van der Waals surface area contributed by atoms with Gasteiger partial charge in [-0.25, -0.2) is 0 Å². The van der Waals surface area contributed by atoms with Gasteiger partial charge in [0.1, 0.15) is 0 Å². The van der Waals surface area contributed by atoms with E-state index in [9.17, 15) is 4.79 Å². The highest BCUT2D eigenvalue weighted by Gasteiger charge is 2.08. The van der Waals surface area contributed by atoms with E-state index in [1.807, 2.05) is 36.4 Å². The molecule has 0 fully saturated rings. The van der Waals surface area contributed by atoms with Gasteiger partial charge in [-0.1, -0.05) is 52.5 Å². The molecule has 25 heavy (non-hydrogen) atoms. The number of amides is 1. The molecule has 0 atom stereocenters. The summed E-state index contributed by atoms with van der Waals surface area (Å²) in [5, 5.41) is 4.68. The summed E-state index contributed by atoms with van der Waals surface area (Å²) in [5.74, 6) is -0.0812. The van der Waals surface area contributed by atoms with E-state index >= 15 is 0 Å². The highest BCUT2D eigenvalue weighted by molar-refractivity contribution is 9.09. The lowest BCUT2D eigenvalue weighted by atomic mass is 9.98. The Morgan fingerprint density at radius 1 is 1.00 bits per heavy atom. The number of halogens is 2. The zero-order chi connectivity index (χ0) is 17.9. The first-order chi connectivity index (χ1) is 12.2. The van der Waals surface area contributed by atoms with Crippen molar-refractivity contribution in [1.82, 2.24) is 10.3 Å². The molecule has 2 aromatic rings. The molecule has 5 heteroatoms. The molecular weight excluding hydrogens is 400 g/mol. The minimum Gasteiger partial charge on any atom is -0.353 e. The molecule has 1 aromatic carbocycles. The SMILES string of the molecule is O=C(C=C(c1ccncc1)c1ccc(Cl)cc1)NCCCCCCBr. The third kappa shape index (κ3) is 7.00. The number of carbonyl (C=O) groups excluding carboxylic acids is 1. The molecule has 132 valence electrons. The van der Waals surface area contributed by atoms with Crippen molar-refractivity contribution >= 4 is 39.0 Å². The fourth-order valence-corrected chi connectivity index (χ4v) is 2.98. The third-order valence-electron chi connectivity index (χ3n) is 3.78. The van der Waals surface area contributed by atoms with Crippen LogP contribution in [0.5, 0.6) is 0 Å². The summed E-state index contributed by atoms with van der Waals surface area (Å²) in [6, 6.07) is 11.3. The second kappa shape index (κ2) is 11.1. The minimum absolute atomic E-state index is 0.0812. The van der Waals surface area contributed by atoms with Crippen LogP contribution in [0.3, 0.4) is 0 Å². The van der Waals surface area contributed by atoms with Crippen molar-refractivity contribution < 1.29 is 4.79 Å². The molecule has 0 saturated carbocycles. The van der Waals surface area contributed by atoms with E-state index in [0.717, 1.165) is 34.9 Å². The largest absolute Gasteiger partial charge is 0.353 e. The van der Waals surface area contributed by atoms with E-state index in [2.05, 4.69) is 26.2 Å². The van der Waals surface area contributed by atoms with E-state index in [-0.39, 0.29) is 5.91 Å². The average Bonchev–Trinajstić information content (AvgIpc) is 2.64. The zero-order valence-electron chi connectivity index (χ0n) is 14.1. The number of hydrogen-bond donors (Lipinski definition) is 1. The van der Waals surface area contributed by atoms with Gasteiger partial charge in [0.25, 0.3) is 0 Å². The number of rotatable bonds is 9. The van der Waals surface area contributed by atoms with Crippen LogP contribution in [-0.2, 0) is 4.79 Å². The molecule has 0 unspecified atom stereocenters. The van der Waals surface area contributed by atoms with E-state index in [1.54, 1.807) is 18.5 Å². The van der Waals surface area contributed by atoms with Crippen LogP contribution in [0, 0.1) is 0 Å². The molecule has 0 aliphatic carbocycles. The molecule has 0 saturated heterocycles. The highest BCUT2D eigenvalue weighted by atomic mass is 79.9. The summed E-state index contributed by atoms with van der Waals surface area (Å²) in [7, 11) is 0. The molecule has 0 aliphatic rings. The normalized spacial score (nSPS) is 11.4. The van der Waals surface area contributed by atoms with Crippen molar-refractivity contribution in [3.05, 3.63) is 71.0 Å². The van der Waals surface area contributed by atoms with Gasteiger partial charge in [0.2, 0.25) is 5.91 Å². The van der Waals surface area contributed by atoms with Gasteiger partial charge in [0.15, 0.2) is 0 Å². The van der Waals surface area contributed by atoms with Gasteiger partial charge in [-0.05, 0) is 53.8 Å². The first-order valence-corrected chi connectivity index (χ1v) is 9.92. The van der Waals surface area contributed by atoms with Crippen LogP contribution in [0.4, 0.5) is 0 Å². The lowest BCUT2D eigenvalue weighted by Gasteiger charge is -2.09. The first-order valence-electron chi connectivity index (χ1n) is 8.42. The Morgan fingerprint density at radius 2 is 1.64 bits per heavy atom. The molecule has 1 N–H and O–H groups in total. The number of nitrogens with one attached hydrogen (secondary N) is 1. The Balaban J connectivity index is 2.06. The van der Waals surface area contributed by atoms with Crippen molar-refractivity contribution in [2.75, 3.05) is 11.9 Å². The lowest BCUT2D eigenvalue weighted by molar-refractivity contribution is -0.116. The second-order valence-electron chi connectivity index (χ2n) is 5.70. The van der Waals surface area contributed by atoms with Gasteiger partial charge in [-0.15, -0.1) is 0 Å². The molecule has 0 radical (unpaired) electrons. The summed E-state index contributed by atoms with van der Waals surface area (Å²) in [4.78, 5) is 16.4. The van der Waals surface area contributed by atoms with Crippen LogP contribution in [0.2, 0.25) is 5.02 Å². The van der Waals surface area contributed by atoms with Crippen LogP contribution in [0.1, 0.15) is 36.8 Å². The predicted octanol–water partition coefficient (Wildman–Crippen LogP) is 5.24. The van der Waals surface area contributed by atoms with E-state index in [4.69, 9.17) is 11.6 Å². The summed E-state index contributed by atoms with van der Waals surface area (Å²) in [6.45, 7) is 0.696. The van der Waals surface area contributed by atoms with Crippen LogP contribution >= 0.6 is 27.5 Å². The molecule has 0 spiro atoms. The number of benzene rings is 1. The Bertz CT molecular complexity index is 687. The van der Waals surface area contributed by atoms with Crippen molar-refractivity contribution in [1.29, 1.82) is 0 Å². The highest BCUT2D eigenvalue weighted by Crippen LogP contribution is 2.24. The number of hydrogen-bond acceptors (Lipinski definition) is 2. The third-order valence-corrected chi connectivity index (χ3v) is 4.59. The number of carbonyl (C=O) groups is 1. The van der Waals surface area contributed by atoms with Crippen LogP contribution in [0.15, 0.2) is 54.9 Å². The molecule has 1 amide bonds. The number of unbranched alkanes of at least 4 members (excludes halogenated alkanes) is 3. The fourth-order valence-electron chi connectivity index (χ4n) is 2.46. The summed E-state index contributed by atoms with van der Waals surface area (Å²) < 4.78 is 0. The van der Waals surface area contributed by atoms with Crippen molar-refractivity contribution in [2.24, 2.45) is 0 Å². The molecule has 0 aliphatic heterocycles. The minimum atomic E-state index is -0.0812. The summed E-state index contributed by atoms with van der Waals surface area (Å²) in [6.07, 6.45) is 9.58. The predicted molar refractivity (Wildman–Crippen MR) is 108 cm³/mol. The zero-order valence-corrected chi connectivity index (χ0v) is 16.4. The van der Waals surface area contributed by atoms with Crippen molar-refractivity contribution in [2.45, 2.75) is 25.7 Å². The summed E-state index contributed by atoms with van der Waals surface area (Å²) in [5.41, 5.74) is 2.75. The number of nitrogens with zero attached hydrogens (tertiary/aromatic N) is 1. The maximum atomic E-state index is 12.3. The van der Waals surface area contributed by atoms with E-state index in [0.29, 0.717) is 11.6 Å². The Labute approximate surface area is 162 Å². The van der Waals surface area contributed by atoms with E-state index < -0.39 is 0 Å². The quantitative estimate of drug-likeness (QED) is 0.342. The van der Waals surface area contributed by atoms with E-state index in [1.165, 1.54) is 12.8 Å². The van der Waals surface area contributed by atoms with Crippen LogP contribution in [-0.4, -0.2) is 22.8 Å². The van der Waals surface area contributed by atoms with Crippen molar-refractivity contribution in [3.63, 3.8) is 0 Å².